The van der Waals surface area contributed by atoms with E-state index in [1.807, 2.05) is 13.0 Å². The van der Waals surface area contributed by atoms with E-state index in [0.717, 1.165) is 23.9 Å². The number of pyridine rings is 1. The second-order valence-electron chi connectivity index (χ2n) is 6.93. The second kappa shape index (κ2) is 7.09. The number of hydrogen-bond acceptors (Lipinski definition) is 5. The SMILES string of the molecule is C[C@@H](OC1CCC1)[C@H](O)c1cnc2c(cnn2-c2ccc(C(=O)O)cc2)c1. The number of aromatic nitrogens is 3. The van der Waals surface area contributed by atoms with Crippen LogP contribution in [0, 0.1) is 0 Å². The molecule has 0 radical (unpaired) electrons. The predicted molar refractivity (Wildman–Crippen MR) is 99.0 cm³/mol. The van der Waals surface area contributed by atoms with Crippen LogP contribution in [0.1, 0.15) is 48.2 Å². The third kappa shape index (κ3) is 3.43. The van der Waals surface area contributed by atoms with Crippen molar-refractivity contribution in [2.45, 2.75) is 44.5 Å². The van der Waals surface area contributed by atoms with Gasteiger partial charge in [0, 0.05) is 17.1 Å². The molecule has 140 valence electrons. The molecule has 4 rings (SSSR count). The zero-order valence-corrected chi connectivity index (χ0v) is 14.9. The van der Waals surface area contributed by atoms with Crippen LogP contribution in [0.15, 0.2) is 42.7 Å². The highest BCUT2D eigenvalue weighted by Crippen LogP contribution is 2.28. The van der Waals surface area contributed by atoms with Crippen LogP contribution in [0.5, 0.6) is 0 Å². The molecule has 7 heteroatoms. The van der Waals surface area contributed by atoms with Crippen molar-refractivity contribution >= 4 is 17.0 Å². The maximum atomic E-state index is 11.0. The number of carbonyl (C=O) groups is 1. The third-order valence-corrected chi connectivity index (χ3v) is 5.03. The van der Waals surface area contributed by atoms with Gasteiger partial charge in [0.05, 0.1) is 29.7 Å². The average Bonchev–Trinajstić information content (AvgIpc) is 3.07. The van der Waals surface area contributed by atoms with Crippen molar-refractivity contribution in [3.05, 3.63) is 53.9 Å². The highest BCUT2D eigenvalue weighted by molar-refractivity contribution is 5.87. The highest BCUT2D eigenvalue weighted by Gasteiger charge is 2.25. The second-order valence-corrected chi connectivity index (χ2v) is 6.93. The standard InChI is InChI=1S/C20H21N3O4/c1-12(27-17-3-2-4-17)18(24)14-9-15-11-22-23(19(15)21-10-14)16-7-5-13(6-8-16)20(25)26/h5-12,17-18,24H,2-4H2,1H3,(H,25,26)/t12-,18+/m1/s1. The fraction of sp³-hybridized carbons (Fsp3) is 0.350. The number of benzene rings is 1. The van der Waals surface area contributed by atoms with Crippen LogP contribution >= 0.6 is 0 Å². The molecule has 2 aromatic heterocycles. The van der Waals surface area contributed by atoms with E-state index >= 15 is 0 Å². The third-order valence-electron chi connectivity index (χ3n) is 5.03. The summed E-state index contributed by atoms with van der Waals surface area (Å²) in [6, 6.07) is 8.30. The molecular formula is C20H21N3O4. The number of carboxylic acid groups (broad SMARTS) is 1. The molecule has 7 nitrogen and oxygen atoms in total. The molecule has 27 heavy (non-hydrogen) atoms. The number of fused-ring (bicyclic) bond motifs is 1. The van der Waals surface area contributed by atoms with Gasteiger partial charge in [0.1, 0.15) is 6.10 Å². The molecule has 2 N–H and O–H groups in total. The molecule has 0 bridgehead atoms. The molecule has 2 heterocycles. The molecule has 0 spiro atoms. The van der Waals surface area contributed by atoms with E-state index in [0.29, 0.717) is 11.2 Å². The Bertz CT molecular complexity index is 963. The molecule has 0 aliphatic heterocycles. The summed E-state index contributed by atoms with van der Waals surface area (Å²) in [5.41, 5.74) is 2.27. The Labute approximate surface area is 156 Å². The van der Waals surface area contributed by atoms with Gasteiger partial charge in [0.15, 0.2) is 5.65 Å². The minimum Gasteiger partial charge on any atom is -0.478 e. The van der Waals surface area contributed by atoms with Gasteiger partial charge in [-0.05, 0) is 56.5 Å². The lowest BCUT2D eigenvalue weighted by atomic mass is 9.95. The summed E-state index contributed by atoms with van der Waals surface area (Å²) < 4.78 is 7.52. The molecule has 1 aliphatic rings. The van der Waals surface area contributed by atoms with Gasteiger partial charge in [-0.25, -0.2) is 14.5 Å². The van der Waals surface area contributed by atoms with Gasteiger partial charge in [0.2, 0.25) is 0 Å². The van der Waals surface area contributed by atoms with Gasteiger partial charge in [-0.15, -0.1) is 0 Å². The lowest BCUT2D eigenvalue weighted by Gasteiger charge is -2.31. The van der Waals surface area contributed by atoms with E-state index in [1.54, 1.807) is 29.2 Å². The fourth-order valence-electron chi connectivity index (χ4n) is 3.19. The molecular weight excluding hydrogens is 346 g/mol. The normalized spacial score (nSPS) is 16.8. The summed E-state index contributed by atoms with van der Waals surface area (Å²) in [5, 5.41) is 24.7. The molecule has 0 unspecified atom stereocenters. The molecule has 0 amide bonds. The number of aromatic carboxylic acids is 1. The van der Waals surface area contributed by atoms with E-state index in [-0.39, 0.29) is 17.8 Å². The van der Waals surface area contributed by atoms with Gasteiger partial charge >= 0.3 is 5.97 Å². The van der Waals surface area contributed by atoms with E-state index in [1.165, 1.54) is 18.6 Å². The summed E-state index contributed by atoms with van der Waals surface area (Å²) in [4.78, 5) is 15.4. The zero-order chi connectivity index (χ0) is 19.0. The lowest BCUT2D eigenvalue weighted by molar-refractivity contribution is -0.0944. The quantitative estimate of drug-likeness (QED) is 0.695. The van der Waals surface area contributed by atoms with Crippen LogP contribution in [-0.2, 0) is 4.74 Å². The topological polar surface area (TPSA) is 97.5 Å². The van der Waals surface area contributed by atoms with Gasteiger partial charge in [-0.1, -0.05) is 0 Å². The summed E-state index contributed by atoms with van der Waals surface area (Å²) in [6.07, 6.45) is 5.83. The first kappa shape index (κ1) is 17.6. The minimum atomic E-state index is -0.970. The van der Waals surface area contributed by atoms with Crippen LogP contribution in [-0.4, -0.2) is 43.2 Å². The monoisotopic (exact) mass is 367 g/mol. The molecule has 2 atom stereocenters. The average molecular weight is 367 g/mol. The number of carboxylic acids is 1. The largest absolute Gasteiger partial charge is 0.478 e. The van der Waals surface area contributed by atoms with Crippen molar-refractivity contribution in [1.82, 2.24) is 14.8 Å². The smallest absolute Gasteiger partial charge is 0.335 e. The van der Waals surface area contributed by atoms with Gasteiger partial charge in [-0.2, -0.15) is 5.10 Å². The van der Waals surface area contributed by atoms with Crippen molar-refractivity contribution in [3.8, 4) is 5.69 Å². The number of aliphatic hydroxyl groups is 1. The first-order chi connectivity index (χ1) is 13.0. The molecule has 1 aromatic carbocycles. The number of aliphatic hydroxyl groups excluding tert-OH is 1. The zero-order valence-electron chi connectivity index (χ0n) is 14.9. The summed E-state index contributed by atoms with van der Waals surface area (Å²) >= 11 is 0. The Morgan fingerprint density at radius 1 is 1.26 bits per heavy atom. The van der Waals surface area contributed by atoms with E-state index in [9.17, 15) is 9.90 Å². The maximum Gasteiger partial charge on any atom is 0.335 e. The minimum absolute atomic E-state index is 0.217. The van der Waals surface area contributed by atoms with Crippen molar-refractivity contribution in [2.75, 3.05) is 0 Å². The van der Waals surface area contributed by atoms with Crippen LogP contribution in [0.4, 0.5) is 0 Å². The van der Waals surface area contributed by atoms with E-state index in [4.69, 9.17) is 9.84 Å². The van der Waals surface area contributed by atoms with Gasteiger partial charge in [-0.3, -0.25) is 0 Å². The first-order valence-corrected chi connectivity index (χ1v) is 9.04. The van der Waals surface area contributed by atoms with Crippen molar-refractivity contribution in [2.24, 2.45) is 0 Å². The Balaban J connectivity index is 1.58. The maximum absolute atomic E-state index is 11.0. The Morgan fingerprint density at radius 2 is 2.00 bits per heavy atom. The molecule has 1 aliphatic carbocycles. The number of nitrogens with zero attached hydrogens (tertiary/aromatic N) is 3. The molecule has 0 saturated heterocycles. The first-order valence-electron chi connectivity index (χ1n) is 9.04. The van der Waals surface area contributed by atoms with Crippen LogP contribution in [0.25, 0.3) is 16.7 Å². The van der Waals surface area contributed by atoms with Crippen molar-refractivity contribution in [1.29, 1.82) is 0 Å². The Morgan fingerprint density at radius 3 is 2.63 bits per heavy atom. The van der Waals surface area contributed by atoms with Crippen LogP contribution in [0.3, 0.4) is 0 Å². The highest BCUT2D eigenvalue weighted by atomic mass is 16.5. The van der Waals surface area contributed by atoms with E-state index in [2.05, 4.69) is 10.1 Å². The Kier molecular flexibility index (Phi) is 4.63. The Hall–Kier alpha value is -2.77. The van der Waals surface area contributed by atoms with Crippen LogP contribution in [0.2, 0.25) is 0 Å². The van der Waals surface area contributed by atoms with Gasteiger partial charge < -0.3 is 14.9 Å². The van der Waals surface area contributed by atoms with Crippen molar-refractivity contribution in [3.63, 3.8) is 0 Å². The van der Waals surface area contributed by atoms with Crippen molar-refractivity contribution < 1.29 is 19.7 Å². The lowest BCUT2D eigenvalue weighted by Crippen LogP contribution is -2.30. The molecule has 3 aromatic rings. The fourth-order valence-corrected chi connectivity index (χ4v) is 3.19. The summed E-state index contributed by atoms with van der Waals surface area (Å²) in [5.74, 6) is -0.970. The number of ether oxygens (including phenoxy) is 1. The summed E-state index contributed by atoms with van der Waals surface area (Å²) in [6.45, 7) is 1.88. The summed E-state index contributed by atoms with van der Waals surface area (Å²) in [7, 11) is 0. The molecule has 1 saturated carbocycles. The predicted octanol–water partition coefficient (Wildman–Crippen LogP) is 3.11. The molecule has 1 fully saturated rings. The number of hydrogen-bond donors (Lipinski definition) is 2. The van der Waals surface area contributed by atoms with E-state index < -0.39 is 12.1 Å². The van der Waals surface area contributed by atoms with Gasteiger partial charge in [0.25, 0.3) is 0 Å². The van der Waals surface area contributed by atoms with Crippen LogP contribution < -0.4 is 0 Å². The number of rotatable bonds is 6.